The molecule has 0 spiro atoms. The highest BCUT2D eigenvalue weighted by atomic mass is 16.8. The molecule has 0 radical (unpaired) electrons. The number of benzene rings is 2. The van der Waals surface area contributed by atoms with Crippen molar-refractivity contribution in [3.05, 3.63) is 65.4 Å². The van der Waals surface area contributed by atoms with Gasteiger partial charge in [-0.15, -0.1) is 0 Å². The second-order valence-electron chi connectivity index (χ2n) is 4.22. The van der Waals surface area contributed by atoms with E-state index in [4.69, 9.17) is 5.21 Å². The maximum Gasteiger partial charge on any atom is 0.337 e. The molecule has 0 atom stereocenters. The maximum atomic E-state index is 11.8. The van der Waals surface area contributed by atoms with Crippen LogP contribution in [-0.4, -0.2) is 17.1 Å². The van der Waals surface area contributed by atoms with Crippen LogP contribution in [0, 0.1) is 5.21 Å². The molecule has 0 aliphatic heterocycles. The van der Waals surface area contributed by atoms with Crippen molar-refractivity contribution in [2.24, 2.45) is 0 Å². The fourth-order valence-corrected chi connectivity index (χ4v) is 1.64. The van der Waals surface area contributed by atoms with Gasteiger partial charge in [0.05, 0.1) is 5.69 Å². The molecule has 0 saturated heterocycles. The zero-order valence-electron chi connectivity index (χ0n) is 11.3. The van der Waals surface area contributed by atoms with Gasteiger partial charge in [-0.2, -0.15) is 0 Å². The molecule has 0 unspecified atom stereocenters. The highest BCUT2D eigenvalue weighted by Gasteiger charge is 2.08. The van der Waals surface area contributed by atoms with Crippen molar-refractivity contribution in [3.8, 4) is 0 Å². The van der Waals surface area contributed by atoms with Gasteiger partial charge in [-0.1, -0.05) is 24.3 Å². The van der Waals surface area contributed by atoms with E-state index in [9.17, 15) is 14.8 Å². The number of anilines is 2. The largest absolute Gasteiger partial charge is 0.733 e. The van der Waals surface area contributed by atoms with Crippen molar-refractivity contribution in [2.45, 2.75) is 0 Å². The van der Waals surface area contributed by atoms with E-state index in [1.807, 2.05) is 0 Å². The molecule has 0 aliphatic carbocycles. The normalized spacial score (nSPS) is 9.73. The molecule has 0 bridgehead atoms. The number of hydrogen-bond donors (Lipinski definition) is 4. The minimum absolute atomic E-state index is 0.0959. The van der Waals surface area contributed by atoms with Crippen LogP contribution in [0.2, 0.25) is 0 Å². The Kier molecular flexibility index (Phi) is 4.91. The van der Waals surface area contributed by atoms with Crippen molar-refractivity contribution in [2.75, 3.05) is 10.5 Å². The summed E-state index contributed by atoms with van der Waals surface area (Å²) in [4.78, 5) is 23.4. The van der Waals surface area contributed by atoms with E-state index in [0.717, 1.165) is 0 Å². The first-order chi connectivity index (χ1) is 10.6. The summed E-state index contributed by atoms with van der Waals surface area (Å²) in [6.45, 7) is 0. The summed E-state index contributed by atoms with van der Waals surface area (Å²) >= 11 is 0. The smallest absolute Gasteiger partial charge is 0.337 e. The third-order valence-corrected chi connectivity index (χ3v) is 2.65. The molecule has 8 nitrogen and oxygen atoms in total. The zero-order valence-corrected chi connectivity index (χ0v) is 11.3. The van der Waals surface area contributed by atoms with Crippen LogP contribution >= 0.6 is 0 Å². The Morgan fingerprint density at radius 1 is 1.00 bits per heavy atom. The molecule has 2 aromatic carbocycles. The standard InChI is InChI=1S/C14H13N4O4/c19-13(10-5-4-8-12(9-10)18(21)22)16-17-14(20)15-11-6-2-1-3-7-11/h1-9,21H,(H,16,19)(H2,15,17,20)/q-1. The molecular weight excluding hydrogens is 288 g/mol. The lowest BCUT2D eigenvalue weighted by molar-refractivity contribution is 0.0938. The maximum absolute atomic E-state index is 11.8. The quantitative estimate of drug-likeness (QED) is 0.645. The van der Waals surface area contributed by atoms with Gasteiger partial charge >= 0.3 is 6.03 Å². The fraction of sp³-hybridized carbons (Fsp3) is 0. The van der Waals surface area contributed by atoms with Crippen molar-refractivity contribution in [3.63, 3.8) is 0 Å². The first-order valence-corrected chi connectivity index (χ1v) is 6.25. The van der Waals surface area contributed by atoms with Gasteiger partial charge in [0.1, 0.15) is 0 Å². The average molecular weight is 301 g/mol. The molecule has 3 amide bonds. The predicted octanol–water partition coefficient (Wildman–Crippen LogP) is 1.85. The van der Waals surface area contributed by atoms with E-state index in [1.165, 1.54) is 24.3 Å². The Hall–Kier alpha value is -3.10. The van der Waals surface area contributed by atoms with Crippen molar-refractivity contribution < 1.29 is 14.8 Å². The summed E-state index contributed by atoms with van der Waals surface area (Å²) in [6.07, 6.45) is 0. The molecular formula is C14H13N4O4-. The molecule has 2 rings (SSSR count). The van der Waals surface area contributed by atoms with Gasteiger partial charge in [-0.25, -0.2) is 10.2 Å². The number of amides is 3. The molecule has 22 heavy (non-hydrogen) atoms. The van der Waals surface area contributed by atoms with E-state index in [2.05, 4.69) is 16.2 Å². The van der Waals surface area contributed by atoms with Crippen molar-refractivity contribution >= 4 is 23.3 Å². The van der Waals surface area contributed by atoms with Crippen LogP contribution in [0.3, 0.4) is 0 Å². The lowest BCUT2D eigenvalue weighted by Gasteiger charge is -2.21. The van der Waals surface area contributed by atoms with E-state index < -0.39 is 11.9 Å². The number of hydrogen-bond acceptors (Lipinski definition) is 5. The van der Waals surface area contributed by atoms with Crippen LogP contribution in [0.15, 0.2) is 54.6 Å². The molecule has 0 aromatic heterocycles. The summed E-state index contributed by atoms with van der Waals surface area (Å²) in [7, 11) is 0. The molecule has 114 valence electrons. The third-order valence-electron chi connectivity index (χ3n) is 2.65. The Bertz CT molecular complexity index is 661. The van der Waals surface area contributed by atoms with Gasteiger partial charge < -0.3 is 15.8 Å². The van der Waals surface area contributed by atoms with E-state index in [1.54, 1.807) is 30.3 Å². The summed E-state index contributed by atoms with van der Waals surface area (Å²) in [5, 5.41) is 21.7. The highest BCUT2D eigenvalue weighted by molar-refractivity contribution is 5.97. The van der Waals surface area contributed by atoms with Gasteiger partial charge in [-0.3, -0.25) is 15.4 Å². The van der Waals surface area contributed by atoms with Crippen LogP contribution in [0.4, 0.5) is 16.2 Å². The van der Waals surface area contributed by atoms with Gasteiger partial charge in [0.15, 0.2) is 0 Å². The lowest BCUT2D eigenvalue weighted by atomic mass is 10.2. The number of carbonyl (C=O) groups excluding carboxylic acids is 2. The second-order valence-corrected chi connectivity index (χ2v) is 4.22. The van der Waals surface area contributed by atoms with Crippen LogP contribution < -0.4 is 21.4 Å². The van der Waals surface area contributed by atoms with Gasteiger partial charge in [-0.05, 0) is 30.3 Å². The minimum atomic E-state index is -0.632. The molecule has 8 heteroatoms. The van der Waals surface area contributed by atoms with Crippen LogP contribution in [-0.2, 0) is 0 Å². The molecule has 0 fully saturated rings. The topological polar surface area (TPSA) is 117 Å². The Balaban J connectivity index is 1.90. The predicted molar refractivity (Wildman–Crippen MR) is 80.1 cm³/mol. The van der Waals surface area contributed by atoms with Gasteiger partial charge in [0.25, 0.3) is 5.91 Å². The second kappa shape index (κ2) is 7.07. The van der Waals surface area contributed by atoms with Crippen LogP contribution in [0.25, 0.3) is 0 Å². The molecule has 0 saturated carbocycles. The minimum Gasteiger partial charge on any atom is -0.733 e. The summed E-state index contributed by atoms with van der Waals surface area (Å²) < 4.78 is 0. The Morgan fingerprint density at radius 2 is 1.73 bits per heavy atom. The van der Waals surface area contributed by atoms with E-state index in [0.29, 0.717) is 5.69 Å². The lowest BCUT2D eigenvalue weighted by Crippen LogP contribution is -2.43. The first-order valence-electron chi connectivity index (χ1n) is 6.25. The van der Waals surface area contributed by atoms with Crippen LogP contribution in [0.1, 0.15) is 10.4 Å². The Labute approximate surface area is 125 Å². The monoisotopic (exact) mass is 301 g/mol. The van der Waals surface area contributed by atoms with Gasteiger partial charge in [0.2, 0.25) is 0 Å². The highest BCUT2D eigenvalue weighted by Crippen LogP contribution is 2.13. The number of nitrogens with zero attached hydrogens (tertiary/aromatic N) is 1. The number of nitrogens with one attached hydrogen (secondary N) is 3. The SMILES string of the molecule is O=C(NNC(=O)c1cccc(N([O-])O)c1)Nc1ccccc1. The molecule has 4 N–H and O–H groups in total. The summed E-state index contributed by atoms with van der Waals surface area (Å²) in [6, 6.07) is 13.4. The molecule has 2 aromatic rings. The van der Waals surface area contributed by atoms with Gasteiger partial charge in [0, 0.05) is 11.3 Å². The number of rotatable bonds is 3. The fourth-order valence-electron chi connectivity index (χ4n) is 1.64. The molecule has 0 aliphatic rings. The molecule has 0 heterocycles. The van der Waals surface area contributed by atoms with E-state index in [-0.39, 0.29) is 16.5 Å². The number of para-hydroxylation sites is 1. The third kappa shape index (κ3) is 4.20. The number of hydrazine groups is 1. The summed E-state index contributed by atoms with van der Waals surface area (Å²) in [5.41, 5.74) is 4.93. The Morgan fingerprint density at radius 3 is 2.41 bits per heavy atom. The number of urea groups is 1. The first kappa shape index (κ1) is 15.3. The van der Waals surface area contributed by atoms with Crippen LogP contribution in [0.5, 0.6) is 0 Å². The number of carbonyl (C=O) groups is 2. The zero-order chi connectivity index (χ0) is 15.9. The van der Waals surface area contributed by atoms with Crippen molar-refractivity contribution in [1.29, 1.82) is 0 Å². The van der Waals surface area contributed by atoms with Crippen molar-refractivity contribution in [1.82, 2.24) is 10.9 Å². The summed E-state index contributed by atoms with van der Waals surface area (Å²) in [5.74, 6) is -0.632. The van der Waals surface area contributed by atoms with E-state index >= 15 is 0 Å². The average Bonchev–Trinajstić information content (AvgIpc) is 2.53.